The van der Waals surface area contributed by atoms with E-state index in [9.17, 15) is 9.59 Å². The molecule has 0 aliphatic carbocycles. The number of fused-ring (bicyclic) bond motifs is 1. The van der Waals surface area contributed by atoms with Gasteiger partial charge in [-0.3, -0.25) is 4.79 Å². The summed E-state index contributed by atoms with van der Waals surface area (Å²) in [6, 6.07) is 5.11. The van der Waals surface area contributed by atoms with Crippen LogP contribution in [0.25, 0.3) is 5.65 Å². The Labute approximate surface area is 107 Å². The van der Waals surface area contributed by atoms with Crippen LogP contribution in [0, 0.1) is 0 Å². The predicted octanol–water partition coefficient (Wildman–Crippen LogP) is 0.250. The fourth-order valence-electron chi connectivity index (χ4n) is 1.41. The molecular formula is C11H13N3O3S. The topological polar surface area (TPSA) is 76.6 Å². The van der Waals surface area contributed by atoms with Crippen molar-refractivity contribution in [1.82, 2.24) is 14.2 Å². The molecule has 2 rings (SSSR count). The Balaban J connectivity index is 2.23. The van der Waals surface area contributed by atoms with E-state index in [0.29, 0.717) is 5.65 Å². The van der Waals surface area contributed by atoms with Crippen molar-refractivity contribution in [3.63, 3.8) is 0 Å². The monoisotopic (exact) mass is 267 g/mol. The first-order chi connectivity index (χ1) is 8.63. The van der Waals surface area contributed by atoms with Gasteiger partial charge >= 0.3 is 5.69 Å². The predicted molar refractivity (Wildman–Crippen MR) is 69.1 cm³/mol. The van der Waals surface area contributed by atoms with Gasteiger partial charge in [-0.05, 0) is 12.1 Å². The molecule has 2 heterocycles. The van der Waals surface area contributed by atoms with Crippen LogP contribution >= 0.6 is 11.8 Å². The standard InChI is InChI=1S/C11H13N3O3S/c1-8(6-15)18-7-10(16)14-11(17)13-5-3-2-4-9(13)12-14/h2-5,8,15H,6-7H2,1H3. The largest absolute Gasteiger partial charge is 0.395 e. The lowest BCUT2D eigenvalue weighted by Gasteiger charge is -2.05. The maximum absolute atomic E-state index is 11.9. The lowest BCUT2D eigenvalue weighted by Crippen LogP contribution is -2.29. The summed E-state index contributed by atoms with van der Waals surface area (Å²) in [6.07, 6.45) is 1.57. The molecule has 0 aromatic carbocycles. The normalized spacial score (nSPS) is 12.8. The van der Waals surface area contributed by atoms with Crippen LogP contribution < -0.4 is 5.69 Å². The molecule has 0 radical (unpaired) electrons. The van der Waals surface area contributed by atoms with Crippen molar-refractivity contribution in [2.75, 3.05) is 12.4 Å². The molecule has 0 amide bonds. The number of rotatable bonds is 4. The average Bonchev–Trinajstić information content (AvgIpc) is 2.73. The number of aliphatic hydroxyl groups excluding tert-OH is 1. The van der Waals surface area contributed by atoms with E-state index in [1.807, 2.05) is 6.92 Å². The summed E-state index contributed by atoms with van der Waals surface area (Å²) in [5.41, 5.74) is -0.0242. The molecule has 0 bridgehead atoms. The van der Waals surface area contributed by atoms with Crippen LogP contribution in [0.5, 0.6) is 0 Å². The lowest BCUT2D eigenvalue weighted by atomic mass is 10.5. The summed E-state index contributed by atoms with van der Waals surface area (Å²) >= 11 is 1.29. The first-order valence-corrected chi connectivity index (χ1v) is 6.50. The third-order valence-electron chi connectivity index (χ3n) is 2.41. The number of pyridine rings is 1. The molecule has 0 spiro atoms. The first-order valence-electron chi connectivity index (χ1n) is 5.45. The molecule has 0 aliphatic heterocycles. The molecule has 0 fully saturated rings. The number of nitrogens with zero attached hydrogens (tertiary/aromatic N) is 3. The van der Waals surface area contributed by atoms with Crippen molar-refractivity contribution in [2.24, 2.45) is 0 Å². The van der Waals surface area contributed by atoms with Gasteiger partial charge in [0.25, 0.3) is 5.91 Å². The first kappa shape index (κ1) is 12.8. The van der Waals surface area contributed by atoms with Crippen LogP contribution in [0.4, 0.5) is 0 Å². The molecule has 7 heteroatoms. The number of carbonyl (C=O) groups excluding carboxylic acids is 1. The van der Waals surface area contributed by atoms with Gasteiger partial charge in [-0.1, -0.05) is 13.0 Å². The lowest BCUT2D eigenvalue weighted by molar-refractivity contribution is 0.0922. The fraction of sp³-hybridized carbons (Fsp3) is 0.364. The van der Waals surface area contributed by atoms with Gasteiger partial charge in [-0.15, -0.1) is 21.5 Å². The van der Waals surface area contributed by atoms with Gasteiger partial charge in [0.05, 0.1) is 12.4 Å². The Hall–Kier alpha value is -1.60. The summed E-state index contributed by atoms with van der Waals surface area (Å²) in [4.78, 5) is 23.7. The Morgan fingerprint density at radius 1 is 1.56 bits per heavy atom. The average molecular weight is 267 g/mol. The fourth-order valence-corrected chi connectivity index (χ4v) is 2.07. The molecule has 1 N–H and O–H groups in total. The summed E-state index contributed by atoms with van der Waals surface area (Å²) in [7, 11) is 0. The van der Waals surface area contributed by atoms with Crippen molar-refractivity contribution in [3.05, 3.63) is 34.9 Å². The molecule has 0 aliphatic rings. The van der Waals surface area contributed by atoms with Gasteiger partial charge in [0.1, 0.15) is 0 Å². The number of hydrogen-bond donors (Lipinski definition) is 1. The minimum Gasteiger partial charge on any atom is -0.395 e. The molecule has 2 aromatic heterocycles. The number of aromatic nitrogens is 3. The zero-order valence-corrected chi connectivity index (χ0v) is 10.6. The number of hydrogen-bond acceptors (Lipinski definition) is 5. The quantitative estimate of drug-likeness (QED) is 0.859. The number of carbonyl (C=O) groups is 1. The van der Waals surface area contributed by atoms with Crippen LogP contribution in [-0.4, -0.2) is 42.8 Å². The van der Waals surface area contributed by atoms with Crippen LogP contribution in [0.15, 0.2) is 29.2 Å². The van der Waals surface area contributed by atoms with Gasteiger partial charge in [-0.2, -0.15) is 0 Å². The highest BCUT2D eigenvalue weighted by Crippen LogP contribution is 2.09. The molecule has 18 heavy (non-hydrogen) atoms. The van der Waals surface area contributed by atoms with Crippen LogP contribution in [0.3, 0.4) is 0 Å². The van der Waals surface area contributed by atoms with E-state index in [1.54, 1.807) is 24.4 Å². The number of aliphatic hydroxyl groups is 1. The molecule has 0 saturated carbocycles. The maximum atomic E-state index is 11.9. The van der Waals surface area contributed by atoms with E-state index in [-0.39, 0.29) is 23.5 Å². The van der Waals surface area contributed by atoms with Crippen molar-refractivity contribution >= 4 is 23.3 Å². The van der Waals surface area contributed by atoms with Gasteiger partial charge < -0.3 is 5.11 Å². The molecule has 6 nitrogen and oxygen atoms in total. The Kier molecular flexibility index (Phi) is 3.83. The summed E-state index contributed by atoms with van der Waals surface area (Å²) in [5.74, 6) is -0.264. The van der Waals surface area contributed by atoms with E-state index in [1.165, 1.54) is 16.2 Å². The van der Waals surface area contributed by atoms with Gasteiger partial charge in [0.2, 0.25) is 0 Å². The molecule has 1 atom stereocenters. The minimum atomic E-state index is -0.465. The second kappa shape index (κ2) is 5.36. The van der Waals surface area contributed by atoms with Gasteiger partial charge in [-0.25, -0.2) is 9.20 Å². The molecule has 1 unspecified atom stereocenters. The summed E-state index contributed by atoms with van der Waals surface area (Å²) in [5, 5.41) is 12.8. The van der Waals surface area contributed by atoms with E-state index >= 15 is 0 Å². The Morgan fingerprint density at radius 3 is 3.00 bits per heavy atom. The highest BCUT2D eigenvalue weighted by Gasteiger charge is 2.14. The van der Waals surface area contributed by atoms with Crippen molar-refractivity contribution in [1.29, 1.82) is 0 Å². The Morgan fingerprint density at radius 2 is 2.33 bits per heavy atom. The second-order valence-electron chi connectivity index (χ2n) is 3.82. The SMILES string of the molecule is CC(CO)SCC(=O)n1nc2ccccn2c1=O. The highest BCUT2D eigenvalue weighted by atomic mass is 32.2. The zero-order valence-electron chi connectivity index (χ0n) is 9.81. The third-order valence-corrected chi connectivity index (χ3v) is 3.54. The zero-order chi connectivity index (χ0) is 13.1. The molecule has 2 aromatic rings. The van der Waals surface area contributed by atoms with E-state index < -0.39 is 5.69 Å². The minimum absolute atomic E-state index is 0.00197. The number of thioether (sulfide) groups is 1. The van der Waals surface area contributed by atoms with E-state index in [2.05, 4.69) is 5.10 Å². The molecule has 0 saturated heterocycles. The Bertz CT molecular complexity index is 619. The molecule has 96 valence electrons. The van der Waals surface area contributed by atoms with Gasteiger partial charge in [0, 0.05) is 11.4 Å². The van der Waals surface area contributed by atoms with Crippen molar-refractivity contribution < 1.29 is 9.90 Å². The maximum Gasteiger partial charge on any atom is 0.357 e. The third kappa shape index (κ3) is 2.46. The van der Waals surface area contributed by atoms with Crippen LogP contribution in [0.1, 0.15) is 11.7 Å². The van der Waals surface area contributed by atoms with Crippen molar-refractivity contribution in [3.8, 4) is 0 Å². The van der Waals surface area contributed by atoms with Crippen molar-refractivity contribution in [2.45, 2.75) is 12.2 Å². The second-order valence-corrected chi connectivity index (χ2v) is 5.25. The molecular weight excluding hydrogens is 254 g/mol. The smallest absolute Gasteiger partial charge is 0.357 e. The van der Waals surface area contributed by atoms with Crippen LogP contribution in [0.2, 0.25) is 0 Å². The highest BCUT2D eigenvalue weighted by molar-refractivity contribution is 8.00. The van der Waals surface area contributed by atoms with Gasteiger partial charge in [0.15, 0.2) is 5.65 Å². The summed E-state index contributed by atoms with van der Waals surface area (Å²) in [6.45, 7) is 1.81. The van der Waals surface area contributed by atoms with E-state index in [0.717, 1.165) is 4.68 Å². The summed E-state index contributed by atoms with van der Waals surface area (Å²) < 4.78 is 2.18. The van der Waals surface area contributed by atoms with E-state index in [4.69, 9.17) is 5.11 Å². The van der Waals surface area contributed by atoms with Crippen LogP contribution in [-0.2, 0) is 0 Å².